The van der Waals surface area contributed by atoms with Crippen LogP contribution in [0.4, 0.5) is 0 Å². The topological polar surface area (TPSA) is 74.2 Å². The minimum atomic E-state index is -0.507. The maximum Gasteiger partial charge on any atom is 0.348 e. The van der Waals surface area contributed by atoms with Crippen molar-refractivity contribution in [3.8, 4) is 11.5 Å². The number of fused-ring (bicyclic) bond motifs is 1. The highest BCUT2D eigenvalue weighted by Gasteiger charge is 2.31. The lowest BCUT2D eigenvalue weighted by Crippen LogP contribution is -2.18. The first-order chi connectivity index (χ1) is 14.0. The molecule has 0 saturated carbocycles. The Morgan fingerprint density at radius 1 is 1.14 bits per heavy atom. The van der Waals surface area contributed by atoms with E-state index < -0.39 is 12.1 Å². The third-order valence-electron chi connectivity index (χ3n) is 4.70. The van der Waals surface area contributed by atoms with E-state index >= 15 is 0 Å². The smallest absolute Gasteiger partial charge is 0.348 e. The quantitative estimate of drug-likeness (QED) is 0.645. The van der Waals surface area contributed by atoms with Gasteiger partial charge in [0, 0.05) is 11.6 Å². The van der Waals surface area contributed by atoms with Gasteiger partial charge in [0.15, 0.2) is 0 Å². The monoisotopic (exact) mass is 398 g/mol. The molecule has 1 N–H and O–H groups in total. The number of methoxy groups -OCH3 is 2. The Bertz CT molecular complexity index is 872. The first-order valence-corrected chi connectivity index (χ1v) is 9.54. The van der Waals surface area contributed by atoms with Gasteiger partial charge >= 0.3 is 5.97 Å². The number of aliphatic hydroxyl groups excluding tert-OH is 1. The summed E-state index contributed by atoms with van der Waals surface area (Å²) in [7, 11) is 3.05. The van der Waals surface area contributed by atoms with Crippen LogP contribution in [0.5, 0.6) is 11.5 Å². The molecule has 0 spiro atoms. The molecule has 2 aromatic rings. The molecule has 0 unspecified atom stereocenters. The van der Waals surface area contributed by atoms with Crippen LogP contribution in [0.25, 0.3) is 5.76 Å². The van der Waals surface area contributed by atoms with E-state index in [1.54, 1.807) is 26.2 Å². The Morgan fingerprint density at radius 3 is 2.55 bits per heavy atom. The van der Waals surface area contributed by atoms with Crippen LogP contribution in [0.3, 0.4) is 0 Å². The highest BCUT2D eigenvalue weighted by molar-refractivity contribution is 6.05. The van der Waals surface area contributed by atoms with Gasteiger partial charge in [-0.25, -0.2) is 4.79 Å². The van der Waals surface area contributed by atoms with E-state index in [1.165, 1.54) is 7.11 Å². The molecular formula is C23H26O6. The zero-order valence-corrected chi connectivity index (χ0v) is 16.9. The van der Waals surface area contributed by atoms with Crippen LogP contribution in [-0.4, -0.2) is 37.5 Å². The van der Waals surface area contributed by atoms with Crippen molar-refractivity contribution < 1.29 is 28.8 Å². The molecule has 0 amide bonds. The van der Waals surface area contributed by atoms with E-state index in [0.717, 1.165) is 5.56 Å². The van der Waals surface area contributed by atoms with Crippen LogP contribution in [0.1, 0.15) is 41.3 Å². The van der Waals surface area contributed by atoms with Crippen molar-refractivity contribution in [3.05, 3.63) is 65.2 Å². The molecule has 3 rings (SSSR count). The molecule has 2 aromatic carbocycles. The molecule has 0 radical (unpaired) electrons. The van der Waals surface area contributed by atoms with Crippen LogP contribution in [0, 0.1) is 0 Å². The predicted octanol–water partition coefficient (Wildman–Crippen LogP) is 3.96. The van der Waals surface area contributed by atoms with Crippen LogP contribution < -0.4 is 9.47 Å². The van der Waals surface area contributed by atoms with E-state index in [1.807, 2.05) is 36.4 Å². The first-order valence-electron chi connectivity index (χ1n) is 9.54. The molecule has 0 bridgehead atoms. The van der Waals surface area contributed by atoms with Gasteiger partial charge < -0.3 is 24.1 Å². The van der Waals surface area contributed by atoms with Gasteiger partial charge in [-0.15, -0.1) is 0 Å². The molecular weight excluding hydrogens is 372 g/mol. The zero-order chi connectivity index (χ0) is 20.8. The molecule has 0 fully saturated rings. The summed E-state index contributed by atoms with van der Waals surface area (Å²) in [5.41, 5.74) is 2.07. The Hall–Kier alpha value is -2.83. The Balaban J connectivity index is 1.79. The number of carbonyl (C=O) groups excluding carboxylic acids is 1. The standard InChI is InChI=1S/C23H26O6/c1-15(24)11-17(28-14-16-7-5-4-6-8-16)9-10-20-19-12-18(26-2)13-21(27-3)22(19)23(25)29-20/h4-8,10,12-13,15,17,24H,9,11,14H2,1-3H3/b20-10+/t15-,17-/m0/s1. The molecule has 1 heterocycles. The Morgan fingerprint density at radius 2 is 1.90 bits per heavy atom. The molecule has 0 saturated heterocycles. The summed E-state index contributed by atoms with van der Waals surface area (Å²) in [4.78, 5) is 12.3. The number of esters is 1. The van der Waals surface area contributed by atoms with Crippen LogP contribution in [0.15, 0.2) is 48.5 Å². The van der Waals surface area contributed by atoms with Gasteiger partial charge in [-0.3, -0.25) is 0 Å². The lowest BCUT2D eigenvalue weighted by atomic mass is 10.0. The maximum atomic E-state index is 12.3. The number of benzene rings is 2. The summed E-state index contributed by atoms with van der Waals surface area (Å²) >= 11 is 0. The van der Waals surface area contributed by atoms with Gasteiger partial charge in [0.25, 0.3) is 0 Å². The number of hydrogen-bond acceptors (Lipinski definition) is 6. The third-order valence-corrected chi connectivity index (χ3v) is 4.70. The SMILES string of the molecule is COc1cc(OC)c2c(c1)/C(=C\C[C@@H](C[C@H](C)O)OCc1ccccc1)OC2=O. The lowest BCUT2D eigenvalue weighted by Gasteiger charge is -2.18. The van der Waals surface area contributed by atoms with Gasteiger partial charge in [-0.1, -0.05) is 30.3 Å². The second-order valence-corrected chi connectivity index (χ2v) is 6.95. The Labute approximate surface area is 170 Å². The summed E-state index contributed by atoms with van der Waals surface area (Å²) in [5, 5.41) is 9.83. The lowest BCUT2D eigenvalue weighted by molar-refractivity contribution is 0.00963. The molecule has 6 heteroatoms. The van der Waals surface area contributed by atoms with Crippen LogP contribution in [0.2, 0.25) is 0 Å². The molecule has 154 valence electrons. The van der Waals surface area contributed by atoms with E-state index in [2.05, 4.69) is 0 Å². The second-order valence-electron chi connectivity index (χ2n) is 6.95. The van der Waals surface area contributed by atoms with E-state index in [0.29, 0.717) is 47.8 Å². The minimum absolute atomic E-state index is 0.224. The van der Waals surface area contributed by atoms with Crippen molar-refractivity contribution >= 4 is 11.7 Å². The average Bonchev–Trinajstić information content (AvgIpc) is 3.05. The predicted molar refractivity (Wildman–Crippen MR) is 109 cm³/mol. The number of aliphatic hydroxyl groups is 1. The number of rotatable bonds is 9. The van der Waals surface area contributed by atoms with Gasteiger partial charge in [-0.05, 0) is 37.5 Å². The van der Waals surface area contributed by atoms with Crippen molar-refractivity contribution in [2.75, 3.05) is 14.2 Å². The van der Waals surface area contributed by atoms with E-state index in [9.17, 15) is 9.90 Å². The molecule has 1 aliphatic rings. The van der Waals surface area contributed by atoms with Crippen molar-refractivity contribution in [2.45, 2.75) is 38.6 Å². The van der Waals surface area contributed by atoms with Crippen molar-refractivity contribution in [1.82, 2.24) is 0 Å². The van der Waals surface area contributed by atoms with Gasteiger partial charge in [0.2, 0.25) is 0 Å². The maximum absolute atomic E-state index is 12.3. The first kappa shape index (κ1) is 20.9. The highest BCUT2D eigenvalue weighted by atomic mass is 16.5. The molecule has 0 aromatic heterocycles. The van der Waals surface area contributed by atoms with E-state index in [4.69, 9.17) is 18.9 Å². The molecule has 2 atom stereocenters. The van der Waals surface area contributed by atoms with Gasteiger partial charge in [-0.2, -0.15) is 0 Å². The van der Waals surface area contributed by atoms with Crippen LogP contribution >= 0.6 is 0 Å². The van der Waals surface area contributed by atoms with Crippen molar-refractivity contribution in [1.29, 1.82) is 0 Å². The fourth-order valence-corrected chi connectivity index (χ4v) is 3.27. The normalized spacial score (nSPS) is 16.3. The molecule has 29 heavy (non-hydrogen) atoms. The van der Waals surface area contributed by atoms with Crippen molar-refractivity contribution in [3.63, 3.8) is 0 Å². The molecule has 6 nitrogen and oxygen atoms in total. The number of cyclic esters (lactones) is 1. The summed E-state index contributed by atoms with van der Waals surface area (Å²) in [5.74, 6) is 0.975. The fourth-order valence-electron chi connectivity index (χ4n) is 3.27. The largest absolute Gasteiger partial charge is 0.497 e. The Kier molecular flexibility index (Phi) is 6.90. The van der Waals surface area contributed by atoms with Gasteiger partial charge in [0.1, 0.15) is 22.8 Å². The number of ether oxygens (including phenoxy) is 4. The molecule has 0 aliphatic carbocycles. The summed E-state index contributed by atoms with van der Waals surface area (Å²) in [6.45, 7) is 2.17. The second kappa shape index (κ2) is 9.58. The van der Waals surface area contributed by atoms with Gasteiger partial charge in [0.05, 0.1) is 33.0 Å². The summed E-state index contributed by atoms with van der Waals surface area (Å²) < 4.78 is 22.1. The number of carbonyl (C=O) groups is 1. The van der Waals surface area contributed by atoms with Crippen molar-refractivity contribution in [2.24, 2.45) is 0 Å². The van der Waals surface area contributed by atoms with E-state index in [-0.39, 0.29) is 6.10 Å². The zero-order valence-electron chi connectivity index (χ0n) is 16.9. The third kappa shape index (κ3) is 5.16. The highest BCUT2D eigenvalue weighted by Crippen LogP contribution is 2.39. The number of hydrogen-bond donors (Lipinski definition) is 1. The minimum Gasteiger partial charge on any atom is -0.497 e. The summed E-state index contributed by atoms with van der Waals surface area (Å²) in [6, 6.07) is 13.3. The fraction of sp³-hybridized carbons (Fsp3) is 0.348. The average molecular weight is 398 g/mol. The molecule has 1 aliphatic heterocycles. The van der Waals surface area contributed by atoms with Crippen LogP contribution in [-0.2, 0) is 16.1 Å². The summed E-state index contributed by atoms with van der Waals surface area (Å²) in [6.07, 6.45) is 2.05.